The third kappa shape index (κ3) is 2.36. The zero-order valence-electron chi connectivity index (χ0n) is 13.2. The summed E-state index contributed by atoms with van der Waals surface area (Å²) in [5.41, 5.74) is 1.04. The number of benzene rings is 1. The number of morpholine rings is 1. The summed E-state index contributed by atoms with van der Waals surface area (Å²) in [5.74, 6) is 0. The Labute approximate surface area is 132 Å². The van der Waals surface area contributed by atoms with Crippen molar-refractivity contribution in [2.75, 3.05) is 6.61 Å². The molecule has 120 valence electrons. The van der Waals surface area contributed by atoms with E-state index in [2.05, 4.69) is 6.58 Å². The van der Waals surface area contributed by atoms with Gasteiger partial charge in [-0.1, -0.05) is 37.1 Å². The molecule has 1 aromatic carbocycles. The lowest BCUT2D eigenvalue weighted by Gasteiger charge is -2.52. The highest BCUT2D eigenvalue weighted by Gasteiger charge is 2.51. The summed E-state index contributed by atoms with van der Waals surface area (Å²) in [6.07, 6.45) is 3.77. The molecule has 1 saturated heterocycles. The van der Waals surface area contributed by atoms with E-state index in [-0.39, 0.29) is 12.7 Å². The maximum Gasteiger partial charge on any atom is 0.264 e. The quantitative estimate of drug-likeness (QED) is 0.840. The summed E-state index contributed by atoms with van der Waals surface area (Å²) in [7, 11) is -3.60. The van der Waals surface area contributed by atoms with Crippen molar-refractivity contribution in [3.8, 4) is 0 Å². The van der Waals surface area contributed by atoms with Gasteiger partial charge in [0.15, 0.2) is 0 Å². The van der Waals surface area contributed by atoms with Crippen molar-refractivity contribution in [3.63, 3.8) is 0 Å². The van der Waals surface area contributed by atoms with Crippen LogP contribution in [0, 0.1) is 6.92 Å². The molecule has 4 nitrogen and oxygen atoms in total. The Bertz CT molecular complexity index is 680. The Morgan fingerprint density at radius 1 is 1.27 bits per heavy atom. The van der Waals surface area contributed by atoms with Crippen molar-refractivity contribution >= 4 is 10.0 Å². The molecule has 1 aliphatic heterocycles. The molecule has 5 heteroatoms. The minimum absolute atomic E-state index is 0.0491. The van der Waals surface area contributed by atoms with Gasteiger partial charge in [-0.3, -0.25) is 4.31 Å². The third-order valence-electron chi connectivity index (χ3n) is 4.85. The second-order valence-electron chi connectivity index (χ2n) is 6.55. The molecule has 1 saturated carbocycles. The highest BCUT2D eigenvalue weighted by Crippen LogP contribution is 2.43. The minimum Gasteiger partial charge on any atom is -0.370 e. The normalized spacial score (nSPS) is 29.3. The van der Waals surface area contributed by atoms with Crippen molar-refractivity contribution < 1.29 is 13.2 Å². The van der Waals surface area contributed by atoms with Gasteiger partial charge in [0.1, 0.15) is 0 Å². The van der Waals surface area contributed by atoms with Gasteiger partial charge in [-0.25, -0.2) is 8.42 Å². The number of fused-ring (bicyclic) bond motifs is 1. The molecule has 0 aromatic heterocycles. The van der Waals surface area contributed by atoms with Crippen LogP contribution in [0.25, 0.3) is 0 Å². The minimum atomic E-state index is -3.60. The molecule has 0 N–H and O–H groups in total. The van der Waals surface area contributed by atoms with Crippen LogP contribution in [-0.2, 0) is 14.8 Å². The van der Waals surface area contributed by atoms with Gasteiger partial charge < -0.3 is 4.74 Å². The van der Waals surface area contributed by atoms with E-state index in [1.54, 1.807) is 12.1 Å². The van der Waals surface area contributed by atoms with Gasteiger partial charge in [0.05, 0.1) is 23.1 Å². The molecule has 0 radical (unpaired) electrons. The van der Waals surface area contributed by atoms with Crippen LogP contribution in [0.4, 0.5) is 0 Å². The van der Waals surface area contributed by atoms with Crippen molar-refractivity contribution in [2.24, 2.45) is 0 Å². The summed E-state index contributed by atoms with van der Waals surface area (Å²) in [5, 5.41) is 0. The number of hydrogen-bond acceptors (Lipinski definition) is 3. The van der Waals surface area contributed by atoms with Crippen LogP contribution in [0.1, 0.15) is 38.2 Å². The van der Waals surface area contributed by atoms with Gasteiger partial charge in [0, 0.05) is 5.70 Å². The first-order valence-electron chi connectivity index (χ1n) is 7.77. The summed E-state index contributed by atoms with van der Waals surface area (Å²) in [6.45, 7) is 8.19. The SMILES string of the molecule is C=C1COC2CCCCC2(C)N1S(=O)(=O)c1ccc(C)cc1. The second kappa shape index (κ2) is 5.39. The fourth-order valence-corrected chi connectivity index (χ4v) is 5.50. The van der Waals surface area contributed by atoms with E-state index in [1.807, 2.05) is 26.0 Å². The summed E-state index contributed by atoms with van der Waals surface area (Å²) in [6, 6.07) is 7.01. The highest BCUT2D eigenvalue weighted by atomic mass is 32.2. The maximum absolute atomic E-state index is 13.2. The Hall–Kier alpha value is -1.33. The largest absolute Gasteiger partial charge is 0.370 e. The van der Waals surface area contributed by atoms with Gasteiger partial charge in [0.2, 0.25) is 0 Å². The first-order chi connectivity index (χ1) is 10.4. The fourth-order valence-electron chi connectivity index (χ4n) is 3.66. The van der Waals surface area contributed by atoms with Crippen LogP contribution in [0.3, 0.4) is 0 Å². The smallest absolute Gasteiger partial charge is 0.264 e. The third-order valence-corrected chi connectivity index (χ3v) is 6.88. The van der Waals surface area contributed by atoms with E-state index in [1.165, 1.54) is 4.31 Å². The zero-order chi connectivity index (χ0) is 16.0. The Morgan fingerprint density at radius 3 is 2.64 bits per heavy atom. The molecule has 22 heavy (non-hydrogen) atoms. The first kappa shape index (κ1) is 15.6. The van der Waals surface area contributed by atoms with Gasteiger partial charge in [-0.15, -0.1) is 0 Å². The topological polar surface area (TPSA) is 46.6 Å². The average Bonchev–Trinajstić information content (AvgIpc) is 2.46. The average molecular weight is 321 g/mol. The Kier molecular flexibility index (Phi) is 3.81. The standard InChI is InChI=1S/C17H23NO3S/c1-13-7-9-15(10-8-13)22(19,20)18-14(2)12-21-16-6-4-5-11-17(16,18)3/h7-10,16H,2,4-6,11-12H2,1,3H3. The zero-order valence-corrected chi connectivity index (χ0v) is 14.0. The van der Waals surface area contributed by atoms with E-state index >= 15 is 0 Å². The molecule has 0 spiro atoms. The summed E-state index contributed by atoms with van der Waals surface area (Å²) >= 11 is 0. The number of sulfonamides is 1. The molecular weight excluding hydrogens is 298 g/mol. The number of rotatable bonds is 2. The van der Waals surface area contributed by atoms with Crippen LogP contribution in [0.15, 0.2) is 41.4 Å². The molecule has 3 rings (SSSR count). The van der Waals surface area contributed by atoms with Crippen LogP contribution in [0.5, 0.6) is 0 Å². The van der Waals surface area contributed by atoms with Crippen LogP contribution < -0.4 is 0 Å². The van der Waals surface area contributed by atoms with E-state index < -0.39 is 15.6 Å². The summed E-state index contributed by atoms with van der Waals surface area (Å²) < 4.78 is 33.8. The number of hydrogen-bond donors (Lipinski definition) is 0. The van der Waals surface area contributed by atoms with Crippen LogP contribution in [0.2, 0.25) is 0 Å². The predicted octanol–water partition coefficient (Wildman–Crippen LogP) is 3.23. The molecule has 1 aromatic rings. The lowest BCUT2D eigenvalue weighted by molar-refractivity contribution is -0.0836. The van der Waals surface area contributed by atoms with Crippen LogP contribution >= 0.6 is 0 Å². The summed E-state index contributed by atoms with van der Waals surface area (Å²) in [4.78, 5) is 0.326. The molecule has 2 unspecified atom stereocenters. The van der Waals surface area contributed by atoms with Gasteiger partial charge in [0.25, 0.3) is 10.0 Å². The lowest BCUT2D eigenvalue weighted by Crippen LogP contribution is -2.61. The molecular formula is C17H23NO3S. The Morgan fingerprint density at radius 2 is 1.95 bits per heavy atom. The van der Waals surface area contributed by atoms with E-state index in [0.717, 1.165) is 31.2 Å². The van der Waals surface area contributed by atoms with Crippen molar-refractivity contribution in [2.45, 2.75) is 56.1 Å². The monoisotopic (exact) mass is 321 g/mol. The molecule has 0 amide bonds. The van der Waals surface area contributed by atoms with Crippen molar-refractivity contribution in [1.29, 1.82) is 0 Å². The Balaban J connectivity index is 2.06. The molecule has 2 aliphatic rings. The highest BCUT2D eigenvalue weighted by molar-refractivity contribution is 7.89. The number of aryl methyl sites for hydroxylation is 1. The van der Waals surface area contributed by atoms with Gasteiger partial charge in [-0.2, -0.15) is 0 Å². The lowest BCUT2D eigenvalue weighted by atomic mass is 9.79. The predicted molar refractivity (Wildman–Crippen MR) is 86.0 cm³/mol. The van der Waals surface area contributed by atoms with Crippen molar-refractivity contribution in [3.05, 3.63) is 42.1 Å². The van der Waals surface area contributed by atoms with Gasteiger partial charge >= 0.3 is 0 Å². The van der Waals surface area contributed by atoms with E-state index in [0.29, 0.717) is 10.6 Å². The van der Waals surface area contributed by atoms with E-state index in [4.69, 9.17) is 4.74 Å². The molecule has 2 atom stereocenters. The van der Waals surface area contributed by atoms with Crippen LogP contribution in [-0.4, -0.2) is 31.0 Å². The first-order valence-corrected chi connectivity index (χ1v) is 9.21. The molecule has 1 aliphatic carbocycles. The number of nitrogens with zero attached hydrogens (tertiary/aromatic N) is 1. The number of ether oxygens (including phenoxy) is 1. The van der Waals surface area contributed by atoms with Crippen molar-refractivity contribution in [1.82, 2.24) is 4.31 Å². The van der Waals surface area contributed by atoms with Gasteiger partial charge in [-0.05, 0) is 38.8 Å². The fraction of sp³-hybridized carbons (Fsp3) is 0.529. The second-order valence-corrected chi connectivity index (χ2v) is 8.34. The molecule has 2 fully saturated rings. The maximum atomic E-state index is 13.2. The molecule has 0 bridgehead atoms. The van der Waals surface area contributed by atoms with E-state index in [9.17, 15) is 8.42 Å². The molecule has 1 heterocycles.